The molecule has 26 heavy (non-hydrogen) atoms. The van der Waals surface area contributed by atoms with Crippen molar-refractivity contribution in [2.24, 2.45) is 0 Å². The molecular weight excluding hydrogens is 350 g/mol. The molecule has 0 spiro atoms. The molecule has 0 saturated carbocycles. The monoisotopic (exact) mass is 367 g/mol. The number of amides is 1. The minimum absolute atomic E-state index is 0.00462. The van der Waals surface area contributed by atoms with Crippen LogP contribution in [0.5, 0.6) is 0 Å². The second-order valence-corrected chi connectivity index (χ2v) is 6.93. The van der Waals surface area contributed by atoms with Gasteiger partial charge in [-0.2, -0.15) is 4.98 Å². The largest absolute Gasteiger partial charge is 0.337 e. The number of aryl methyl sites for hydroxylation is 1. The van der Waals surface area contributed by atoms with Crippen molar-refractivity contribution in [3.63, 3.8) is 0 Å². The summed E-state index contributed by atoms with van der Waals surface area (Å²) in [6, 6.07) is 14.7. The van der Waals surface area contributed by atoms with Crippen LogP contribution in [0.15, 0.2) is 53.1 Å². The van der Waals surface area contributed by atoms with Crippen molar-refractivity contribution in [1.82, 2.24) is 15.0 Å². The molecule has 6 heteroatoms. The Morgan fingerprint density at radius 3 is 2.81 bits per heavy atom. The third-order valence-electron chi connectivity index (χ3n) is 4.62. The predicted octanol–water partition coefficient (Wildman–Crippen LogP) is 4.68. The lowest BCUT2D eigenvalue weighted by molar-refractivity contribution is 0.0710. The molecule has 132 valence electrons. The number of nitrogens with zero attached hydrogens (tertiary/aromatic N) is 3. The predicted molar refractivity (Wildman–Crippen MR) is 98.9 cm³/mol. The van der Waals surface area contributed by atoms with E-state index in [0.717, 1.165) is 24.0 Å². The van der Waals surface area contributed by atoms with Gasteiger partial charge in [0.05, 0.1) is 0 Å². The molecule has 1 aromatic heterocycles. The maximum Gasteiger partial charge on any atom is 0.254 e. The number of hydrogen-bond acceptors (Lipinski definition) is 4. The van der Waals surface area contributed by atoms with Gasteiger partial charge in [0.2, 0.25) is 11.7 Å². The first kappa shape index (κ1) is 16.8. The van der Waals surface area contributed by atoms with Crippen molar-refractivity contribution in [3.05, 3.63) is 70.6 Å². The fourth-order valence-corrected chi connectivity index (χ4v) is 3.43. The first-order valence-corrected chi connectivity index (χ1v) is 8.97. The van der Waals surface area contributed by atoms with Gasteiger partial charge in [0.25, 0.3) is 5.91 Å². The van der Waals surface area contributed by atoms with Crippen LogP contribution in [0.4, 0.5) is 0 Å². The van der Waals surface area contributed by atoms with Crippen LogP contribution in [-0.2, 0) is 0 Å². The van der Waals surface area contributed by atoms with E-state index in [4.69, 9.17) is 16.1 Å². The quantitative estimate of drug-likeness (QED) is 0.674. The molecule has 1 amide bonds. The number of likely N-dealkylation sites (tertiary alicyclic amines) is 1. The highest BCUT2D eigenvalue weighted by Crippen LogP contribution is 2.33. The fraction of sp³-hybridized carbons (Fsp3) is 0.250. The minimum atomic E-state index is -0.191. The van der Waals surface area contributed by atoms with E-state index in [9.17, 15) is 4.79 Å². The normalized spacial score (nSPS) is 16.8. The number of carbonyl (C=O) groups is 1. The Morgan fingerprint density at radius 2 is 2.04 bits per heavy atom. The van der Waals surface area contributed by atoms with Gasteiger partial charge >= 0.3 is 0 Å². The minimum Gasteiger partial charge on any atom is -0.337 e. The molecule has 0 radical (unpaired) electrons. The van der Waals surface area contributed by atoms with Gasteiger partial charge in [0.15, 0.2) is 0 Å². The highest BCUT2D eigenvalue weighted by atomic mass is 35.5. The van der Waals surface area contributed by atoms with E-state index in [1.165, 1.54) is 0 Å². The number of hydrogen-bond donors (Lipinski definition) is 0. The molecule has 1 aliphatic rings. The van der Waals surface area contributed by atoms with Crippen molar-refractivity contribution in [1.29, 1.82) is 0 Å². The summed E-state index contributed by atoms with van der Waals surface area (Å²) in [5.74, 6) is 0.949. The van der Waals surface area contributed by atoms with Gasteiger partial charge in [0, 0.05) is 22.7 Å². The summed E-state index contributed by atoms with van der Waals surface area (Å²) in [7, 11) is 0. The fourth-order valence-electron chi connectivity index (χ4n) is 3.24. The summed E-state index contributed by atoms with van der Waals surface area (Å²) in [4.78, 5) is 19.2. The third-order valence-corrected chi connectivity index (χ3v) is 4.86. The van der Waals surface area contributed by atoms with Crippen LogP contribution >= 0.6 is 11.6 Å². The van der Waals surface area contributed by atoms with Crippen molar-refractivity contribution < 1.29 is 9.32 Å². The molecule has 2 heterocycles. The van der Waals surface area contributed by atoms with E-state index in [2.05, 4.69) is 10.1 Å². The first-order valence-electron chi connectivity index (χ1n) is 8.59. The maximum atomic E-state index is 12.9. The van der Waals surface area contributed by atoms with Crippen molar-refractivity contribution in [2.75, 3.05) is 6.54 Å². The van der Waals surface area contributed by atoms with Gasteiger partial charge in [-0.15, -0.1) is 0 Å². The molecule has 1 saturated heterocycles. The highest BCUT2D eigenvalue weighted by molar-refractivity contribution is 6.30. The lowest BCUT2D eigenvalue weighted by atomic mass is 10.1. The van der Waals surface area contributed by atoms with Gasteiger partial charge in [0.1, 0.15) is 6.04 Å². The van der Waals surface area contributed by atoms with Crippen LogP contribution in [-0.4, -0.2) is 27.5 Å². The van der Waals surface area contributed by atoms with E-state index >= 15 is 0 Å². The summed E-state index contributed by atoms with van der Waals surface area (Å²) < 4.78 is 5.48. The molecule has 0 N–H and O–H groups in total. The number of halogens is 1. The molecular formula is C20H18ClN3O2. The molecule has 0 unspecified atom stereocenters. The zero-order valence-electron chi connectivity index (χ0n) is 14.4. The summed E-state index contributed by atoms with van der Waals surface area (Å²) in [6.45, 7) is 2.69. The average molecular weight is 368 g/mol. The Morgan fingerprint density at radius 1 is 1.23 bits per heavy atom. The van der Waals surface area contributed by atoms with E-state index in [1.807, 2.05) is 48.2 Å². The highest BCUT2D eigenvalue weighted by Gasteiger charge is 2.34. The lowest BCUT2D eigenvalue weighted by Gasteiger charge is -2.22. The summed E-state index contributed by atoms with van der Waals surface area (Å²) >= 11 is 6.03. The van der Waals surface area contributed by atoms with Gasteiger partial charge < -0.3 is 9.42 Å². The summed E-state index contributed by atoms with van der Waals surface area (Å²) in [5, 5.41) is 4.68. The topological polar surface area (TPSA) is 59.2 Å². The zero-order valence-corrected chi connectivity index (χ0v) is 15.1. The second kappa shape index (κ2) is 6.92. The number of rotatable bonds is 3. The zero-order chi connectivity index (χ0) is 18.1. The summed E-state index contributed by atoms with van der Waals surface area (Å²) in [5.41, 5.74) is 2.60. The Hall–Kier alpha value is -2.66. The van der Waals surface area contributed by atoms with Gasteiger partial charge in [-0.05, 0) is 44.0 Å². The van der Waals surface area contributed by atoms with Gasteiger partial charge in [-0.25, -0.2) is 0 Å². The molecule has 3 aromatic rings. The van der Waals surface area contributed by atoms with Crippen LogP contribution in [0.1, 0.15) is 40.7 Å². The SMILES string of the molecule is Cc1ccc(C(=O)N2CCC[C@H]2c2nc(-c3cccc(Cl)c3)no2)cc1. The van der Waals surface area contributed by atoms with E-state index in [1.54, 1.807) is 12.1 Å². The van der Waals surface area contributed by atoms with Crippen LogP contribution in [0.25, 0.3) is 11.4 Å². The molecule has 5 nitrogen and oxygen atoms in total. The molecule has 1 atom stereocenters. The van der Waals surface area contributed by atoms with Crippen LogP contribution in [0, 0.1) is 6.92 Å². The standard InChI is InChI=1S/C20H18ClN3O2/c1-13-7-9-14(10-8-13)20(25)24-11-3-6-17(24)19-22-18(23-26-19)15-4-2-5-16(21)12-15/h2,4-5,7-10,12,17H,3,6,11H2,1H3/t17-/m0/s1. The molecule has 0 aliphatic carbocycles. The molecule has 1 aliphatic heterocycles. The van der Waals surface area contributed by atoms with E-state index in [-0.39, 0.29) is 11.9 Å². The number of benzene rings is 2. The van der Waals surface area contributed by atoms with E-state index < -0.39 is 0 Å². The Bertz CT molecular complexity index is 936. The van der Waals surface area contributed by atoms with Crippen molar-refractivity contribution >= 4 is 17.5 Å². The Labute approximate surface area is 156 Å². The molecule has 4 rings (SSSR count). The summed E-state index contributed by atoms with van der Waals surface area (Å²) in [6.07, 6.45) is 1.73. The van der Waals surface area contributed by atoms with Crippen LogP contribution < -0.4 is 0 Å². The third kappa shape index (κ3) is 3.22. The Balaban J connectivity index is 1.59. The second-order valence-electron chi connectivity index (χ2n) is 6.49. The average Bonchev–Trinajstić information content (AvgIpc) is 3.31. The molecule has 1 fully saturated rings. The van der Waals surface area contributed by atoms with Gasteiger partial charge in [-0.3, -0.25) is 4.79 Å². The van der Waals surface area contributed by atoms with Crippen LogP contribution in [0.2, 0.25) is 5.02 Å². The van der Waals surface area contributed by atoms with Crippen molar-refractivity contribution in [2.45, 2.75) is 25.8 Å². The number of carbonyl (C=O) groups excluding carboxylic acids is 1. The maximum absolute atomic E-state index is 12.9. The Kier molecular flexibility index (Phi) is 4.47. The lowest BCUT2D eigenvalue weighted by Crippen LogP contribution is -2.30. The smallest absolute Gasteiger partial charge is 0.254 e. The van der Waals surface area contributed by atoms with Crippen molar-refractivity contribution in [3.8, 4) is 11.4 Å². The van der Waals surface area contributed by atoms with E-state index in [0.29, 0.717) is 28.8 Å². The molecule has 0 bridgehead atoms. The molecule has 2 aromatic carbocycles. The number of aromatic nitrogens is 2. The van der Waals surface area contributed by atoms with Gasteiger partial charge in [-0.1, -0.05) is 46.6 Å². The van der Waals surface area contributed by atoms with Crippen LogP contribution in [0.3, 0.4) is 0 Å². The first-order chi connectivity index (χ1) is 12.6.